The fourth-order valence-electron chi connectivity index (χ4n) is 3.07. The third kappa shape index (κ3) is 2.92. The minimum Gasteiger partial charge on any atom is -0.384 e. The highest BCUT2D eigenvalue weighted by atomic mass is 16.5. The molecule has 1 saturated carbocycles. The van der Waals surface area contributed by atoms with E-state index in [9.17, 15) is 0 Å². The zero-order chi connectivity index (χ0) is 10.7. The first-order valence-electron chi connectivity index (χ1n) is 6.26. The second-order valence-electron chi connectivity index (χ2n) is 5.22. The van der Waals surface area contributed by atoms with Gasteiger partial charge in [0.1, 0.15) is 0 Å². The van der Waals surface area contributed by atoms with E-state index in [-0.39, 0.29) is 0 Å². The van der Waals surface area contributed by atoms with Crippen LogP contribution in [0.3, 0.4) is 0 Å². The smallest absolute Gasteiger partial charge is 0.0503 e. The monoisotopic (exact) mass is 212 g/mol. The summed E-state index contributed by atoms with van der Waals surface area (Å²) in [6, 6.07) is 0.464. The van der Waals surface area contributed by atoms with Gasteiger partial charge in [-0.15, -0.1) is 0 Å². The van der Waals surface area contributed by atoms with Crippen LogP contribution in [0.2, 0.25) is 0 Å². The number of nitrogens with zero attached hydrogens (tertiary/aromatic N) is 1. The molecule has 3 atom stereocenters. The van der Waals surface area contributed by atoms with E-state index in [4.69, 9.17) is 10.5 Å². The number of methoxy groups -OCH3 is 1. The Morgan fingerprint density at radius 2 is 2.20 bits per heavy atom. The van der Waals surface area contributed by atoms with Gasteiger partial charge < -0.3 is 15.4 Å². The standard InChI is InChI=1S/C12H24N2O/c1-15-9-10-5-6-14(7-10)8-11-3-2-4-12(11)13/h10-12H,2-9,13H2,1H3. The van der Waals surface area contributed by atoms with Crippen molar-refractivity contribution in [2.24, 2.45) is 17.6 Å². The average molecular weight is 212 g/mol. The zero-order valence-electron chi connectivity index (χ0n) is 9.82. The number of likely N-dealkylation sites (tertiary alicyclic amines) is 1. The van der Waals surface area contributed by atoms with Gasteiger partial charge in [-0.25, -0.2) is 0 Å². The molecule has 15 heavy (non-hydrogen) atoms. The first-order valence-corrected chi connectivity index (χ1v) is 6.26. The SMILES string of the molecule is COCC1CCN(CC2CCCC2N)C1. The van der Waals surface area contributed by atoms with Gasteiger partial charge in [0.25, 0.3) is 0 Å². The summed E-state index contributed by atoms with van der Waals surface area (Å²) >= 11 is 0. The predicted octanol–water partition coefficient (Wildman–Crippen LogP) is 1.08. The van der Waals surface area contributed by atoms with Crippen molar-refractivity contribution in [3.63, 3.8) is 0 Å². The largest absolute Gasteiger partial charge is 0.384 e. The van der Waals surface area contributed by atoms with Gasteiger partial charge >= 0.3 is 0 Å². The molecule has 88 valence electrons. The van der Waals surface area contributed by atoms with Crippen LogP contribution < -0.4 is 5.73 Å². The van der Waals surface area contributed by atoms with E-state index in [0.29, 0.717) is 6.04 Å². The summed E-state index contributed by atoms with van der Waals surface area (Å²) in [7, 11) is 1.80. The molecule has 2 aliphatic rings. The van der Waals surface area contributed by atoms with Crippen molar-refractivity contribution in [3.05, 3.63) is 0 Å². The Kier molecular flexibility index (Phi) is 4.00. The number of nitrogens with two attached hydrogens (primary N) is 1. The van der Waals surface area contributed by atoms with Gasteiger partial charge in [0.15, 0.2) is 0 Å². The van der Waals surface area contributed by atoms with Crippen molar-refractivity contribution in [1.29, 1.82) is 0 Å². The maximum atomic E-state index is 6.10. The third-order valence-corrected chi connectivity index (χ3v) is 3.98. The van der Waals surface area contributed by atoms with E-state index in [1.54, 1.807) is 7.11 Å². The van der Waals surface area contributed by atoms with Crippen LogP contribution in [0.25, 0.3) is 0 Å². The Bertz CT molecular complexity index is 198. The summed E-state index contributed by atoms with van der Waals surface area (Å²) in [6.07, 6.45) is 5.21. The lowest BCUT2D eigenvalue weighted by Crippen LogP contribution is -2.35. The van der Waals surface area contributed by atoms with Crippen LogP contribution in [0.15, 0.2) is 0 Å². The van der Waals surface area contributed by atoms with Crippen LogP contribution in [0.1, 0.15) is 25.7 Å². The van der Waals surface area contributed by atoms with E-state index >= 15 is 0 Å². The first-order chi connectivity index (χ1) is 7.29. The molecule has 1 saturated heterocycles. The van der Waals surface area contributed by atoms with Crippen LogP contribution in [0, 0.1) is 11.8 Å². The third-order valence-electron chi connectivity index (χ3n) is 3.98. The Labute approximate surface area is 93.0 Å². The highest BCUT2D eigenvalue weighted by Gasteiger charge is 2.29. The summed E-state index contributed by atoms with van der Waals surface area (Å²) in [4.78, 5) is 2.58. The predicted molar refractivity (Wildman–Crippen MR) is 61.7 cm³/mol. The van der Waals surface area contributed by atoms with Gasteiger partial charge in [-0.2, -0.15) is 0 Å². The summed E-state index contributed by atoms with van der Waals surface area (Å²) in [5.41, 5.74) is 6.10. The van der Waals surface area contributed by atoms with Crippen LogP contribution in [0.4, 0.5) is 0 Å². The maximum Gasteiger partial charge on any atom is 0.0503 e. The molecule has 1 heterocycles. The van der Waals surface area contributed by atoms with Gasteiger partial charge in [0, 0.05) is 26.2 Å². The molecule has 2 N–H and O–H groups in total. The summed E-state index contributed by atoms with van der Waals surface area (Å²) in [5.74, 6) is 1.51. The molecule has 2 rings (SSSR count). The lowest BCUT2D eigenvalue weighted by Gasteiger charge is -2.23. The van der Waals surface area contributed by atoms with Crippen molar-refractivity contribution in [2.75, 3.05) is 33.4 Å². The first kappa shape index (κ1) is 11.4. The summed E-state index contributed by atoms with van der Waals surface area (Å²) < 4.78 is 5.21. The molecule has 0 bridgehead atoms. The summed E-state index contributed by atoms with van der Waals surface area (Å²) in [5, 5.41) is 0. The minimum atomic E-state index is 0.464. The zero-order valence-corrected chi connectivity index (χ0v) is 9.82. The van der Waals surface area contributed by atoms with Gasteiger partial charge in [-0.05, 0) is 37.6 Å². The molecule has 0 radical (unpaired) electrons. The molecule has 0 aromatic rings. The topological polar surface area (TPSA) is 38.5 Å². The van der Waals surface area contributed by atoms with Crippen molar-refractivity contribution in [1.82, 2.24) is 4.90 Å². The quantitative estimate of drug-likeness (QED) is 0.758. The van der Waals surface area contributed by atoms with Crippen LogP contribution in [0.5, 0.6) is 0 Å². The average Bonchev–Trinajstić information content (AvgIpc) is 2.79. The minimum absolute atomic E-state index is 0.464. The Morgan fingerprint density at radius 3 is 2.87 bits per heavy atom. The molecule has 0 aromatic carbocycles. The van der Waals surface area contributed by atoms with Crippen LogP contribution >= 0.6 is 0 Å². The van der Waals surface area contributed by atoms with E-state index in [0.717, 1.165) is 18.4 Å². The maximum absolute atomic E-state index is 6.10. The van der Waals surface area contributed by atoms with E-state index in [2.05, 4.69) is 4.90 Å². The van der Waals surface area contributed by atoms with Crippen molar-refractivity contribution in [2.45, 2.75) is 31.7 Å². The van der Waals surface area contributed by atoms with Gasteiger partial charge in [-0.1, -0.05) is 6.42 Å². The Morgan fingerprint density at radius 1 is 1.33 bits per heavy atom. The highest BCUT2D eigenvalue weighted by Crippen LogP contribution is 2.27. The van der Waals surface area contributed by atoms with E-state index < -0.39 is 0 Å². The molecular weight excluding hydrogens is 188 g/mol. The fourth-order valence-corrected chi connectivity index (χ4v) is 3.07. The number of rotatable bonds is 4. The molecule has 3 heteroatoms. The van der Waals surface area contributed by atoms with Crippen molar-refractivity contribution in [3.8, 4) is 0 Å². The highest BCUT2D eigenvalue weighted by molar-refractivity contribution is 4.85. The number of hydrogen-bond acceptors (Lipinski definition) is 3. The molecule has 0 amide bonds. The van der Waals surface area contributed by atoms with Crippen molar-refractivity contribution >= 4 is 0 Å². The summed E-state index contributed by atoms with van der Waals surface area (Å²) in [6.45, 7) is 4.61. The van der Waals surface area contributed by atoms with Gasteiger partial charge in [-0.3, -0.25) is 0 Å². The Balaban J connectivity index is 1.72. The second-order valence-corrected chi connectivity index (χ2v) is 5.22. The number of ether oxygens (including phenoxy) is 1. The molecule has 0 aromatic heterocycles. The molecule has 0 spiro atoms. The van der Waals surface area contributed by atoms with Gasteiger partial charge in [0.2, 0.25) is 0 Å². The molecule has 2 fully saturated rings. The second kappa shape index (κ2) is 5.28. The van der Waals surface area contributed by atoms with Crippen molar-refractivity contribution < 1.29 is 4.74 Å². The van der Waals surface area contributed by atoms with Crippen LogP contribution in [-0.2, 0) is 4.74 Å². The fraction of sp³-hybridized carbons (Fsp3) is 1.00. The van der Waals surface area contributed by atoms with E-state index in [1.807, 2.05) is 0 Å². The lowest BCUT2D eigenvalue weighted by molar-refractivity contribution is 0.150. The number of hydrogen-bond donors (Lipinski definition) is 1. The Hall–Kier alpha value is -0.120. The van der Waals surface area contributed by atoms with Crippen LogP contribution in [-0.4, -0.2) is 44.3 Å². The molecule has 1 aliphatic carbocycles. The normalized spacial score (nSPS) is 37.6. The van der Waals surface area contributed by atoms with E-state index in [1.165, 1.54) is 45.3 Å². The molecule has 3 unspecified atom stereocenters. The molecule has 1 aliphatic heterocycles. The van der Waals surface area contributed by atoms with Gasteiger partial charge in [0.05, 0.1) is 6.61 Å². The molecular formula is C12H24N2O. The lowest BCUT2D eigenvalue weighted by atomic mass is 10.0. The molecule has 3 nitrogen and oxygen atoms in total.